The van der Waals surface area contributed by atoms with Crippen LogP contribution < -0.4 is 0 Å². The highest BCUT2D eigenvalue weighted by molar-refractivity contribution is 6.20. The van der Waals surface area contributed by atoms with E-state index in [0.29, 0.717) is 17.5 Å². The van der Waals surface area contributed by atoms with E-state index in [4.69, 9.17) is 24.4 Å². The molecule has 0 fully saturated rings. The molecule has 3 aromatic heterocycles. The van der Waals surface area contributed by atoms with Crippen molar-refractivity contribution in [2.24, 2.45) is 0 Å². The first-order chi connectivity index (χ1) is 23.3. The predicted octanol–water partition coefficient (Wildman–Crippen LogP) is 10.7. The Labute approximate surface area is 270 Å². The molecule has 0 radical (unpaired) electrons. The molecular weight excluding hydrogens is 576 g/mol. The summed E-state index contributed by atoms with van der Waals surface area (Å²) in [6.45, 7) is 0. The highest BCUT2D eigenvalue weighted by Crippen LogP contribution is 2.41. The van der Waals surface area contributed by atoms with Gasteiger partial charge in [-0.3, -0.25) is 0 Å². The molecular formula is C42H26N4O. The van der Waals surface area contributed by atoms with E-state index in [1.54, 1.807) is 0 Å². The summed E-state index contributed by atoms with van der Waals surface area (Å²) in [6, 6.07) is 53.3. The van der Waals surface area contributed by atoms with Gasteiger partial charge in [-0.2, -0.15) is 0 Å². The van der Waals surface area contributed by atoms with Gasteiger partial charge in [0.1, 0.15) is 11.2 Å². The largest absolute Gasteiger partial charge is 0.455 e. The Bertz CT molecular complexity index is 2490. The molecule has 0 saturated heterocycles. The Morgan fingerprint density at radius 1 is 0.362 bits per heavy atom. The summed E-state index contributed by atoms with van der Waals surface area (Å²) in [5.74, 6) is 1.90. The SMILES string of the molecule is c1ccc(-c2nc(-c3ccccc3)nc(-c3ccc(-c4cccc5c4nc(-c4ccccc4)c4c6ccccc6oc54)cc3)n2)cc1. The monoisotopic (exact) mass is 602 g/mol. The van der Waals surface area contributed by atoms with Gasteiger partial charge in [-0.05, 0) is 17.7 Å². The molecule has 9 aromatic rings. The van der Waals surface area contributed by atoms with Gasteiger partial charge in [0, 0.05) is 38.6 Å². The van der Waals surface area contributed by atoms with Crippen molar-refractivity contribution in [3.05, 3.63) is 158 Å². The van der Waals surface area contributed by atoms with Crippen LogP contribution in [0.3, 0.4) is 0 Å². The summed E-state index contributed by atoms with van der Waals surface area (Å²) >= 11 is 0. The molecule has 9 rings (SSSR count). The number of furan rings is 1. The van der Waals surface area contributed by atoms with Crippen LogP contribution in [0.1, 0.15) is 0 Å². The van der Waals surface area contributed by atoms with E-state index in [0.717, 1.165) is 71.9 Å². The summed E-state index contributed by atoms with van der Waals surface area (Å²) < 4.78 is 6.53. The van der Waals surface area contributed by atoms with Gasteiger partial charge >= 0.3 is 0 Å². The molecule has 6 aromatic carbocycles. The average molecular weight is 603 g/mol. The van der Waals surface area contributed by atoms with Crippen LogP contribution in [0.5, 0.6) is 0 Å². The number of benzene rings is 6. The van der Waals surface area contributed by atoms with Crippen LogP contribution in [0.2, 0.25) is 0 Å². The molecule has 0 amide bonds. The van der Waals surface area contributed by atoms with Crippen molar-refractivity contribution >= 4 is 32.8 Å². The van der Waals surface area contributed by atoms with Crippen molar-refractivity contribution in [3.63, 3.8) is 0 Å². The minimum atomic E-state index is 0.621. The summed E-state index contributed by atoms with van der Waals surface area (Å²) in [4.78, 5) is 20.0. The number of nitrogens with zero attached hydrogens (tertiary/aromatic N) is 4. The first-order valence-electron chi connectivity index (χ1n) is 15.6. The summed E-state index contributed by atoms with van der Waals surface area (Å²) in [5.41, 5.74) is 9.42. The molecule has 0 bridgehead atoms. The summed E-state index contributed by atoms with van der Waals surface area (Å²) in [7, 11) is 0. The minimum Gasteiger partial charge on any atom is -0.455 e. The number of pyridine rings is 1. The first kappa shape index (κ1) is 26.9. The smallest absolute Gasteiger partial charge is 0.164 e. The van der Waals surface area contributed by atoms with Crippen LogP contribution in [-0.4, -0.2) is 19.9 Å². The number of para-hydroxylation sites is 2. The third kappa shape index (κ3) is 4.73. The molecule has 5 heteroatoms. The van der Waals surface area contributed by atoms with Gasteiger partial charge in [0.15, 0.2) is 17.5 Å². The van der Waals surface area contributed by atoms with E-state index < -0.39 is 0 Å². The Balaban J connectivity index is 1.20. The van der Waals surface area contributed by atoms with E-state index in [2.05, 4.69) is 60.7 Å². The fraction of sp³-hybridized carbons (Fsp3) is 0. The standard InChI is InChI=1S/C42H26N4O/c1-4-13-28(14-5-1)37-36-33-19-10-11-22-35(33)47-39(36)34-21-12-20-32(38(34)43-37)27-23-25-31(26-24-27)42-45-40(29-15-6-2-7-16-29)44-41(46-42)30-17-8-3-9-18-30/h1-26H. The van der Waals surface area contributed by atoms with E-state index >= 15 is 0 Å². The number of fused-ring (bicyclic) bond motifs is 5. The number of hydrogen-bond donors (Lipinski definition) is 0. The maximum Gasteiger partial charge on any atom is 0.164 e. The molecule has 220 valence electrons. The Kier molecular flexibility index (Phi) is 6.39. The predicted molar refractivity (Wildman–Crippen MR) is 190 cm³/mol. The van der Waals surface area contributed by atoms with Crippen LogP contribution >= 0.6 is 0 Å². The van der Waals surface area contributed by atoms with Gasteiger partial charge in [-0.25, -0.2) is 19.9 Å². The lowest BCUT2D eigenvalue weighted by Crippen LogP contribution is -2.00. The summed E-state index contributed by atoms with van der Waals surface area (Å²) in [6.07, 6.45) is 0. The molecule has 0 aliphatic rings. The number of aromatic nitrogens is 4. The zero-order chi connectivity index (χ0) is 31.2. The van der Waals surface area contributed by atoms with Gasteiger partial charge in [0.25, 0.3) is 0 Å². The van der Waals surface area contributed by atoms with Crippen molar-refractivity contribution in [1.82, 2.24) is 19.9 Å². The van der Waals surface area contributed by atoms with Crippen molar-refractivity contribution in [2.45, 2.75) is 0 Å². The fourth-order valence-corrected chi connectivity index (χ4v) is 6.26. The third-order valence-corrected chi connectivity index (χ3v) is 8.54. The second kappa shape index (κ2) is 11.2. The molecule has 0 aliphatic carbocycles. The summed E-state index contributed by atoms with van der Waals surface area (Å²) in [5, 5.41) is 3.08. The topological polar surface area (TPSA) is 64.7 Å². The minimum absolute atomic E-state index is 0.621. The fourth-order valence-electron chi connectivity index (χ4n) is 6.26. The van der Waals surface area contributed by atoms with E-state index in [-0.39, 0.29) is 0 Å². The van der Waals surface area contributed by atoms with Gasteiger partial charge < -0.3 is 4.42 Å². The molecule has 3 heterocycles. The lowest BCUT2D eigenvalue weighted by Gasteiger charge is -2.11. The van der Waals surface area contributed by atoms with E-state index in [9.17, 15) is 0 Å². The van der Waals surface area contributed by atoms with Crippen LogP contribution in [0.25, 0.3) is 89.4 Å². The second-order valence-electron chi connectivity index (χ2n) is 11.4. The first-order valence-corrected chi connectivity index (χ1v) is 15.6. The Morgan fingerprint density at radius 2 is 0.851 bits per heavy atom. The molecule has 0 spiro atoms. The molecule has 0 unspecified atom stereocenters. The molecule has 0 N–H and O–H groups in total. The van der Waals surface area contributed by atoms with E-state index in [1.807, 2.05) is 97.1 Å². The van der Waals surface area contributed by atoms with Crippen LogP contribution in [-0.2, 0) is 0 Å². The normalized spacial score (nSPS) is 11.4. The quantitative estimate of drug-likeness (QED) is 0.196. The van der Waals surface area contributed by atoms with Gasteiger partial charge in [-0.1, -0.05) is 146 Å². The maximum atomic E-state index is 6.53. The zero-order valence-corrected chi connectivity index (χ0v) is 25.2. The number of hydrogen-bond acceptors (Lipinski definition) is 5. The average Bonchev–Trinajstić information content (AvgIpc) is 3.55. The van der Waals surface area contributed by atoms with E-state index in [1.165, 1.54) is 0 Å². The van der Waals surface area contributed by atoms with Crippen molar-refractivity contribution in [1.29, 1.82) is 0 Å². The van der Waals surface area contributed by atoms with Crippen LogP contribution in [0.4, 0.5) is 0 Å². The van der Waals surface area contributed by atoms with Crippen molar-refractivity contribution < 1.29 is 4.42 Å². The van der Waals surface area contributed by atoms with Gasteiger partial charge in [-0.15, -0.1) is 0 Å². The zero-order valence-electron chi connectivity index (χ0n) is 25.2. The van der Waals surface area contributed by atoms with Gasteiger partial charge in [0.2, 0.25) is 0 Å². The van der Waals surface area contributed by atoms with Crippen molar-refractivity contribution in [2.75, 3.05) is 0 Å². The highest BCUT2D eigenvalue weighted by Gasteiger charge is 2.20. The maximum absolute atomic E-state index is 6.53. The second-order valence-corrected chi connectivity index (χ2v) is 11.4. The lowest BCUT2D eigenvalue weighted by atomic mass is 9.97. The molecule has 0 saturated carbocycles. The Hall–Kier alpha value is -6.46. The molecule has 47 heavy (non-hydrogen) atoms. The molecule has 5 nitrogen and oxygen atoms in total. The molecule has 0 aliphatic heterocycles. The van der Waals surface area contributed by atoms with Crippen LogP contribution in [0, 0.1) is 0 Å². The van der Waals surface area contributed by atoms with Crippen LogP contribution in [0.15, 0.2) is 162 Å². The molecule has 0 atom stereocenters. The van der Waals surface area contributed by atoms with Gasteiger partial charge in [0.05, 0.1) is 16.6 Å². The lowest BCUT2D eigenvalue weighted by molar-refractivity contribution is 0.672. The van der Waals surface area contributed by atoms with Crippen molar-refractivity contribution in [3.8, 4) is 56.5 Å². The highest BCUT2D eigenvalue weighted by atomic mass is 16.3. The number of rotatable bonds is 5. The third-order valence-electron chi connectivity index (χ3n) is 8.54. The Morgan fingerprint density at radius 3 is 1.47 bits per heavy atom.